The van der Waals surface area contributed by atoms with Crippen LogP contribution in [0.5, 0.6) is 0 Å². The van der Waals surface area contributed by atoms with E-state index in [0.717, 1.165) is 16.2 Å². The molecule has 0 bridgehead atoms. The smallest absolute Gasteiger partial charge is 0.269 e. The van der Waals surface area contributed by atoms with Crippen molar-refractivity contribution < 1.29 is 4.79 Å². The van der Waals surface area contributed by atoms with Crippen LogP contribution in [0.4, 0.5) is 0 Å². The maximum Gasteiger partial charge on any atom is 0.269 e. The minimum Gasteiger partial charge on any atom is -0.350 e. The van der Waals surface area contributed by atoms with E-state index in [1.54, 1.807) is 28.4 Å². The number of carbonyl (C=O) groups is 1. The average Bonchev–Trinajstić information content (AvgIpc) is 3.29. The van der Waals surface area contributed by atoms with Crippen molar-refractivity contribution in [3.8, 4) is 5.69 Å². The van der Waals surface area contributed by atoms with Crippen LogP contribution >= 0.6 is 11.3 Å². The van der Waals surface area contributed by atoms with Crippen molar-refractivity contribution in [3.63, 3.8) is 0 Å². The number of imidazole rings is 1. The Morgan fingerprint density at radius 1 is 1.08 bits per heavy atom. The van der Waals surface area contributed by atoms with Crippen molar-refractivity contribution in [1.29, 1.82) is 0 Å². The number of rotatable bonds is 5. The summed E-state index contributed by atoms with van der Waals surface area (Å²) in [4.78, 5) is 21.2. The van der Waals surface area contributed by atoms with Gasteiger partial charge in [0, 0.05) is 18.7 Å². The number of carbonyl (C=O) groups excluding carboxylic acids is 1. The molecule has 2 heterocycles. The van der Waals surface area contributed by atoms with Crippen LogP contribution < -0.4 is 5.32 Å². The van der Waals surface area contributed by atoms with Gasteiger partial charge in [-0.05, 0) is 24.3 Å². The summed E-state index contributed by atoms with van der Waals surface area (Å²) in [7, 11) is 0. The lowest BCUT2D eigenvalue weighted by Gasteiger charge is -2.08. The minimum absolute atomic E-state index is 0.137. The van der Waals surface area contributed by atoms with E-state index in [1.165, 1.54) is 4.70 Å². The molecular formula is C19H16N4OS. The summed E-state index contributed by atoms with van der Waals surface area (Å²) in [6.45, 7) is 0.540. The van der Waals surface area contributed by atoms with E-state index in [1.807, 2.05) is 48.5 Å². The van der Waals surface area contributed by atoms with Gasteiger partial charge in [-0.25, -0.2) is 9.97 Å². The second-order valence-electron chi connectivity index (χ2n) is 5.57. The molecule has 4 aromatic rings. The van der Waals surface area contributed by atoms with Crippen LogP contribution in [0.15, 0.2) is 67.1 Å². The summed E-state index contributed by atoms with van der Waals surface area (Å²) in [5, 5.41) is 3.98. The van der Waals surface area contributed by atoms with Gasteiger partial charge in [0.15, 0.2) is 0 Å². The minimum atomic E-state index is -0.137. The maximum atomic E-state index is 12.5. The van der Waals surface area contributed by atoms with Gasteiger partial charge >= 0.3 is 0 Å². The van der Waals surface area contributed by atoms with Crippen LogP contribution in [0.1, 0.15) is 15.5 Å². The Morgan fingerprint density at radius 3 is 2.72 bits per heavy atom. The summed E-state index contributed by atoms with van der Waals surface area (Å²) in [5.41, 5.74) is 2.45. The van der Waals surface area contributed by atoms with Crippen molar-refractivity contribution in [2.45, 2.75) is 6.42 Å². The van der Waals surface area contributed by atoms with Gasteiger partial charge in [0.25, 0.3) is 5.91 Å². The lowest BCUT2D eigenvalue weighted by Crippen LogP contribution is -2.27. The predicted molar refractivity (Wildman–Crippen MR) is 99.2 cm³/mol. The van der Waals surface area contributed by atoms with Crippen LogP contribution in [0, 0.1) is 0 Å². The predicted octanol–water partition coefficient (Wildman–Crippen LogP) is 3.45. The summed E-state index contributed by atoms with van der Waals surface area (Å²) in [6.07, 6.45) is 3.95. The molecule has 0 atom stereocenters. The first-order valence-corrected chi connectivity index (χ1v) is 8.83. The molecule has 124 valence electrons. The number of nitrogens with zero attached hydrogens (tertiary/aromatic N) is 3. The normalized spacial score (nSPS) is 10.9. The molecule has 0 unspecified atom stereocenters. The third-order valence-corrected chi connectivity index (χ3v) is 4.96. The van der Waals surface area contributed by atoms with Gasteiger partial charge in [0.2, 0.25) is 0 Å². The first-order chi connectivity index (χ1) is 12.3. The topological polar surface area (TPSA) is 59.8 Å². The van der Waals surface area contributed by atoms with Gasteiger partial charge in [-0.1, -0.05) is 30.3 Å². The molecule has 1 N–H and O–H groups in total. The monoisotopic (exact) mass is 348 g/mol. The number of thiazole rings is 1. The molecule has 5 nitrogen and oxygen atoms in total. The molecule has 0 aliphatic rings. The van der Waals surface area contributed by atoms with Crippen LogP contribution in [-0.2, 0) is 6.42 Å². The van der Waals surface area contributed by atoms with Crippen LogP contribution in [-0.4, -0.2) is 27.0 Å². The van der Waals surface area contributed by atoms with E-state index in [4.69, 9.17) is 0 Å². The number of hydrogen-bond acceptors (Lipinski definition) is 4. The zero-order valence-electron chi connectivity index (χ0n) is 13.4. The quantitative estimate of drug-likeness (QED) is 0.601. The molecule has 1 amide bonds. The standard InChI is InChI=1S/C19H16N4OS/c24-19(16-12-20-13-23(16)14-6-2-1-3-7-14)21-11-10-18-22-15-8-4-5-9-17(15)25-18/h1-9,12-13H,10-11H2,(H,21,24). The lowest BCUT2D eigenvalue weighted by molar-refractivity contribution is 0.0947. The molecule has 0 saturated carbocycles. The fraction of sp³-hybridized carbons (Fsp3) is 0.105. The van der Waals surface area contributed by atoms with Crippen molar-refractivity contribution >= 4 is 27.5 Å². The van der Waals surface area contributed by atoms with Gasteiger partial charge in [-0.15, -0.1) is 11.3 Å². The fourth-order valence-electron chi connectivity index (χ4n) is 2.66. The van der Waals surface area contributed by atoms with Crippen molar-refractivity contribution in [3.05, 3.63) is 77.8 Å². The first kappa shape index (κ1) is 15.5. The van der Waals surface area contributed by atoms with Crippen molar-refractivity contribution in [2.75, 3.05) is 6.54 Å². The van der Waals surface area contributed by atoms with Gasteiger partial charge < -0.3 is 5.32 Å². The van der Waals surface area contributed by atoms with E-state index in [2.05, 4.69) is 21.4 Å². The third-order valence-electron chi connectivity index (χ3n) is 3.87. The molecule has 0 saturated heterocycles. The molecule has 2 aromatic carbocycles. The molecule has 0 aliphatic heterocycles. The van der Waals surface area contributed by atoms with E-state index in [-0.39, 0.29) is 5.91 Å². The molecule has 6 heteroatoms. The number of benzene rings is 2. The number of para-hydroxylation sites is 2. The van der Waals surface area contributed by atoms with E-state index < -0.39 is 0 Å². The summed E-state index contributed by atoms with van der Waals surface area (Å²) < 4.78 is 2.96. The summed E-state index contributed by atoms with van der Waals surface area (Å²) in [6, 6.07) is 17.8. The molecular weight excluding hydrogens is 332 g/mol. The second kappa shape index (κ2) is 6.86. The highest BCUT2D eigenvalue weighted by Crippen LogP contribution is 2.21. The largest absolute Gasteiger partial charge is 0.350 e. The Kier molecular flexibility index (Phi) is 4.26. The zero-order chi connectivity index (χ0) is 17.1. The molecule has 2 aromatic heterocycles. The first-order valence-electron chi connectivity index (χ1n) is 8.02. The lowest BCUT2D eigenvalue weighted by atomic mass is 10.3. The number of amides is 1. The SMILES string of the molecule is O=C(NCCc1nc2ccccc2s1)c1cncn1-c1ccccc1. The zero-order valence-corrected chi connectivity index (χ0v) is 14.2. The fourth-order valence-corrected chi connectivity index (χ4v) is 3.62. The molecule has 0 spiro atoms. The third kappa shape index (κ3) is 3.29. The summed E-state index contributed by atoms with van der Waals surface area (Å²) in [5.74, 6) is -0.137. The molecule has 0 aliphatic carbocycles. The average molecular weight is 348 g/mol. The Balaban J connectivity index is 1.42. The van der Waals surface area contributed by atoms with E-state index >= 15 is 0 Å². The highest BCUT2D eigenvalue weighted by molar-refractivity contribution is 7.18. The van der Waals surface area contributed by atoms with E-state index in [9.17, 15) is 4.79 Å². The van der Waals surface area contributed by atoms with E-state index in [0.29, 0.717) is 18.7 Å². The Morgan fingerprint density at radius 2 is 1.88 bits per heavy atom. The van der Waals surface area contributed by atoms with Gasteiger partial charge in [-0.2, -0.15) is 0 Å². The van der Waals surface area contributed by atoms with Crippen molar-refractivity contribution in [1.82, 2.24) is 19.9 Å². The number of aromatic nitrogens is 3. The van der Waals surface area contributed by atoms with Crippen LogP contribution in [0.25, 0.3) is 15.9 Å². The maximum absolute atomic E-state index is 12.5. The van der Waals surface area contributed by atoms with Gasteiger partial charge in [0.1, 0.15) is 5.69 Å². The number of nitrogens with one attached hydrogen (secondary N) is 1. The molecule has 0 radical (unpaired) electrons. The molecule has 25 heavy (non-hydrogen) atoms. The van der Waals surface area contributed by atoms with Crippen LogP contribution in [0.3, 0.4) is 0 Å². The molecule has 0 fully saturated rings. The Hall–Kier alpha value is -2.99. The van der Waals surface area contributed by atoms with Gasteiger partial charge in [0.05, 0.1) is 27.7 Å². The number of fused-ring (bicyclic) bond motifs is 1. The second-order valence-corrected chi connectivity index (χ2v) is 6.68. The highest BCUT2D eigenvalue weighted by Gasteiger charge is 2.13. The van der Waals surface area contributed by atoms with Gasteiger partial charge in [-0.3, -0.25) is 9.36 Å². The Bertz CT molecular complexity index is 973. The molecule has 4 rings (SSSR count). The van der Waals surface area contributed by atoms with Crippen LogP contribution in [0.2, 0.25) is 0 Å². The summed E-state index contributed by atoms with van der Waals surface area (Å²) >= 11 is 1.67. The highest BCUT2D eigenvalue weighted by atomic mass is 32.1. The Labute approximate surface area is 149 Å². The number of hydrogen-bond donors (Lipinski definition) is 1. The van der Waals surface area contributed by atoms with Crippen molar-refractivity contribution in [2.24, 2.45) is 0 Å².